The van der Waals surface area contributed by atoms with E-state index in [-0.39, 0.29) is 0 Å². The molecule has 0 atom stereocenters. The molecule has 2 rings (SSSR count). The lowest BCUT2D eigenvalue weighted by atomic mass is 10.0. The lowest BCUT2D eigenvalue weighted by Crippen LogP contribution is -2.16. The van der Waals surface area contributed by atoms with Gasteiger partial charge in [-0.1, -0.05) is 36.4 Å². The summed E-state index contributed by atoms with van der Waals surface area (Å²) in [6, 6.07) is 17.2. The van der Waals surface area contributed by atoms with E-state index in [1.165, 1.54) is 22.4 Å². The Morgan fingerprint density at radius 2 is 1.79 bits per heavy atom. The molecule has 0 aliphatic carbocycles. The lowest BCUT2D eigenvalue weighted by Gasteiger charge is -2.21. The minimum Gasteiger partial charge on any atom is -0.370 e. The quantitative estimate of drug-likeness (QED) is 0.888. The van der Waals surface area contributed by atoms with Crippen LogP contribution in [0.5, 0.6) is 0 Å². The summed E-state index contributed by atoms with van der Waals surface area (Å²) in [5.74, 6) is 0. The molecule has 0 unspecified atom stereocenters. The van der Waals surface area contributed by atoms with Crippen molar-refractivity contribution in [2.24, 2.45) is 5.73 Å². The highest BCUT2D eigenvalue weighted by Gasteiger charge is 2.04. The van der Waals surface area contributed by atoms with Crippen LogP contribution in [-0.4, -0.2) is 13.6 Å². The minimum absolute atomic E-state index is 0.708. The van der Waals surface area contributed by atoms with E-state index in [1.54, 1.807) is 0 Å². The topological polar surface area (TPSA) is 29.3 Å². The highest BCUT2D eigenvalue weighted by atomic mass is 15.1. The summed E-state index contributed by atoms with van der Waals surface area (Å²) in [4.78, 5) is 2.27. The van der Waals surface area contributed by atoms with Crippen LogP contribution in [0.15, 0.2) is 48.5 Å². The van der Waals surface area contributed by atoms with E-state index in [9.17, 15) is 0 Å². The molecule has 0 fully saturated rings. The lowest BCUT2D eigenvalue weighted by molar-refractivity contribution is 0.915. The number of benzene rings is 2. The zero-order valence-corrected chi connectivity index (χ0v) is 11.8. The van der Waals surface area contributed by atoms with Crippen LogP contribution >= 0.6 is 0 Å². The predicted octanol–water partition coefficient (Wildman–Crippen LogP) is 3.13. The third-order valence-corrected chi connectivity index (χ3v) is 3.44. The van der Waals surface area contributed by atoms with Crippen molar-refractivity contribution in [3.63, 3.8) is 0 Å². The van der Waals surface area contributed by atoms with Gasteiger partial charge in [-0.25, -0.2) is 0 Å². The first-order valence-corrected chi connectivity index (χ1v) is 6.75. The number of aryl methyl sites for hydroxylation is 1. The van der Waals surface area contributed by atoms with Crippen molar-refractivity contribution in [1.82, 2.24) is 0 Å². The number of anilines is 1. The molecule has 100 valence electrons. The van der Waals surface area contributed by atoms with Crippen molar-refractivity contribution >= 4 is 5.69 Å². The Kier molecular flexibility index (Phi) is 4.58. The Bertz CT molecular complexity index is 520. The first-order chi connectivity index (χ1) is 9.20. The van der Waals surface area contributed by atoms with E-state index in [1.807, 2.05) is 0 Å². The fraction of sp³-hybridized carbons (Fsp3) is 0.294. The van der Waals surface area contributed by atoms with Gasteiger partial charge in [0.2, 0.25) is 0 Å². The maximum atomic E-state index is 5.62. The second-order valence-electron chi connectivity index (χ2n) is 4.99. The van der Waals surface area contributed by atoms with Crippen LogP contribution in [0.25, 0.3) is 0 Å². The van der Waals surface area contributed by atoms with Crippen LogP contribution in [0.3, 0.4) is 0 Å². The van der Waals surface area contributed by atoms with E-state index >= 15 is 0 Å². The van der Waals surface area contributed by atoms with Gasteiger partial charge in [0.25, 0.3) is 0 Å². The molecule has 0 bridgehead atoms. The maximum Gasteiger partial charge on any atom is 0.0426 e. The van der Waals surface area contributed by atoms with Crippen LogP contribution in [0.4, 0.5) is 5.69 Å². The first kappa shape index (κ1) is 13.6. The average Bonchev–Trinajstić information content (AvgIpc) is 2.42. The van der Waals surface area contributed by atoms with Crippen molar-refractivity contribution in [1.29, 1.82) is 0 Å². The summed E-state index contributed by atoms with van der Waals surface area (Å²) in [7, 11) is 2.13. The molecular formula is C17H22N2. The van der Waals surface area contributed by atoms with Crippen molar-refractivity contribution in [2.75, 3.05) is 18.5 Å². The summed E-state index contributed by atoms with van der Waals surface area (Å²) in [6.45, 7) is 3.79. The van der Waals surface area contributed by atoms with Crippen molar-refractivity contribution in [3.8, 4) is 0 Å². The molecule has 19 heavy (non-hydrogen) atoms. The fourth-order valence-electron chi connectivity index (χ4n) is 2.30. The molecule has 2 aromatic rings. The van der Waals surface area contributed by atoms with E-state index in [4.69, 9.17) is 5.73 Å². The minimum atomic E-state index is 0.708. The van der Waals surface area contributed by atoms with Gasteiger partial charge < -0.3 is 10.6 Å². The standard InChI is InChI=1S/C17H22N2/c1-14-12-17(9-8-16(14)10-11-18)19(2)13-15-6-4-3-5-7-15/h3-9,12H,10-11,13,18H2,1-2H3. The molecule has 2 nitrogen and oxygen atoms in total. The fourth-order valence-corrected chi connectivity index (χ4v) is 2.30. The molecule has 0 saturated heterocycles. The molecule has 0 amide bonds. The van der Waals surface area contributed by atoms with Gasteiger partial charge in [-0.15, -0.1) is 0 Å². The van der Waals surface area contributed by atoms with Gasteiger partial charge in [-0.05, 0) is 48.7 Å². The Morgan fingerprint density at radius 3 is 2.42 bits per heavy atom. The van der Waals surface area contributed by atoms with Crippen molar-refractivity contribution in [2.45, 2.75) is 19.9 Å². The maximum absolute atomic E-state index is 5.62. The predicted molar refractivity (Wildman–Crippen MR) is 82.5 cm³/mol. The van der Waals surface area contributed by atoms with E-state index in [0.29, 0.717) is 6.54 Å². The second-order valence-corrected chi connectivity index (χ2v) is 4.99. The Balaban J connectivity index is 2.11. The van der Waals surface area contributed by atoms with Gasteiger partial charge in [0.1, 0.15) is 0 Å². The molecule has 2 heteroatoms. The van der Waals surface area contributed by atoms with Gasteiger partial charge in [0.05, 0.1) is 0 Å². The van der Waals surface area contributed by atoms with Crippen LogP contribution in [-0.2, 0) is 13.0 Å². The number of hydrogen-bond acceptors (Lipinski definition) is 2. The highest BCUT2D eigenvalue weighted by molar-refractivity contribution is 5.50. The summed E-state index contributed by atoms with van der Waals surface area (Å²) >= 11 is 0. The summed E-state index contributed by atoms with van der Waals surface area (Å²) in [5, 5.41) is 0. The van der Waals surface area contributed by atoms with E-state index < -0.39 is 0 Å². The summed E-state index contributed by atoms with van der Waals surface area (Å²) in [6.07, 6.45) is 0.953. The van der Waals surface area contributed by atoms with Gasteiger partial charge in [0.15, 0.2) is 0 Å². The van der Waals surface area contributed by atoms with Gasteiger partial charge in [-0.3, -0.25) is 0 Å². The molecular weight excluding hydrogens is 232 g/mol. The van der Waals surface area contributed by atoms with Crippen LogP contribution < -0.4 is 10.6 Å². The van der Waals surface area contributed by atoms with Crippen LogP contribution in [0.1, 0.15) is 16.7 Å². The second kappa shape index (κ2) is 6.39. The molecule has 0 aromatic heterocycles. The zero-order chi connectivity index (χ0) is 13.7. The molecule has 2 N–H and O–H groups in total. The van der Waals surface area contributed by atoms with Crippen molar-refractivity contribution in [3.05, 3.63) is 65.2 Å². The van der Waals surface area contributed by atoms with E-state index in [2.05, 4.69) is 67.4 Å². The van der Waals surface area contributed by atoms with Gasteiger partial charge >= 0.3 is 0 Å². The number of rotatable bonds is 5. The van der Waals surface area contributed by atoms with Crippen molar-refractivity contribution < 1.29 is 0 Å². The van der Waals surface area contributed by atoms with E-state index in [0.717, 1.165) is 13.0 Å². The molecule has 2 aromatic carbocycles. The Hall–Kier alpha value is -1.80. The number of nitrogens with two attached hydrogens (primary N) is 1. The third-order valence-electron chi connectivity index (χ3n) is 3.44. The monoisotopic (exact) mass is 254 g/mol. The SMILES string of the molecule is Cc1cc(N(C)Cc2ccccc2)ccc1CCN. The molecule has 0 radical (unpaired) electrons. The molecule has 0 aliphatic rings. The third kappa shape index (κ3) is 3.58. The number of nitrogens with zero attached hydrogens (tertiary/aromatic N) is 1. The molecule has 0 aliphatic heterocycles. The van der Waals surface area contributed by atoms with Crippen LogP contribution in [0, 0.1) is 6.92 Å². The molecule has 0 saturated carbocycles. The normalized spacial score (nSPS) is 10.5. The smallest absolute Gasteiger partial charge is 0.0426 e. The zero-order valence-electron chi connectivity index (χ0n) is 11.8. The molecule has 0 heterocycles. The highest BCUT2D eigenvalue weighted by Crippen LogP contribution is 2.20. The average molecular weight is 254 g/mol. The Morgan fingerprint density at radius 1 is 1.05 bits per heavy atom. The molecule has 0 spiro atoms. The largest absolute Gasteiger partial charge is 0.370 e. The van der Waals surface area contributed by atoms with Gasteiger partial charge in [-0.2, -0.15) is 0 Å². The first-order valence-electron chi connectivity index (χ1n) is 6.75. The summed E-state index contributed by atoms with van der Waals surface area (Å²) < 4.78 is 0. The summed E-state index contributed by atoms with van der Waals surface area (Å²) in [5.41, 5.74) is 10.9. The van der Waals surface area contributed by atoms with Crippen LogP contribution in [0.2, 0.25) is 0 Å². The van der Waals surface area contributed by atoms with Gasteiger partial charge in [0, 0.05) is 19.3 Å². The number of hydrogen-bond donors (Lipinski definition) is 1. The Labute approximate surface area is 115 Å².